The van der Waals surface area contributed by atoms with Crippen LogP contribution >= 0.6 is 11.3 Å². The first kappa shape index (κ1) is 28.1. The van der Waals surface area contributed by atoms with Gasteiger partial charge in [0.05, 0.1) is 72.6 Å². The van der Waals surface area contributed by atoms with Crippen LogP contribution in [-0.2, 0) is 29.0 Å². The molecule has 0 radical (unpaired) electrons. The van der Waals surface area contributed by atoms with Crippen molar-refractivity contribution in [3.63, 3.8) is 0 Å². The van der Waals surface area contributed by atoms with Gasteiger partial charge in [0.2, 0.25) is 10.0 Å². The number of hydrogen-bond acceptors (Lipinski definition) is 10. The van der Waals surface area contributed by atoms with Gasteiger partial charge in [-0.1, -0.05) is 0 Å². The molecule has 2 aromatic carbocycles. The van der Waals surface area contributed by atoms with E-state index in [0.717, 1.165) is 21.1 Å². The Bertz CT molecular complexity index is 1450. The van der Waals surface area contributed by atoms with Gasteiger partial charge in [0.15, 0.2) is 0 Å². The highest BCUT2D eigenvalue weighted by Gasteiger charge is 2.13. The van der Waals surface area contributed by atoms with Crippen molar-refractivity contribution in [3.8, 4) is 5.88 Å². The molecule has 0 atom stereocenters. The first-order valence-electron chi connectivity index (χ1n) is 11.9. The summed E-state index contributed by atoms with van der Waals surface area (Å²) < 4.78 is 49.4. The van der Waals surface area contributed by atoms with E-state index in [2.05, 4.69) is 19.7 Å². The summed E-state index contributed by atoms with van der Waals surface area (Å²) in [6.45, 7) is 3.08. The van der Waals surface area contributed by atoms with Crippen LogP contribution in [0.25, 0.3) is 21.1 Å². The van der Waals surface area contributed by atoms with Crippen LogP contribution in [0.4, 0.5) is 5.69 Å². The molecular formula is C25H29N4O7S2-. The molecule has 0 spiro atoms. The second kappa shape index (κ2) is 13.8. The van der Waals surface area contributed by atoms with Crippen LogP contribution in [0, 0.1) is 0 Å². The summed E-state index contributed by atoms with van der Waals surface area (Å²) in [5.41, 5.74) is 4.23. The summed E-state index contributed by atoms with van der Waals surface area (Å²) in [4.78, 5) is 11.6. The minimum absolute atomic E-state index is 0.108. The van der Waals surface area contributed by atoms with E-state index in [-0.39, 0.29) is 23.9 Å². The SMILES string of the molecule is COCCOCCOCCOCCNS(=O)(=O)c1ccc(N=Cc2c([O-])[nH]c3ccc4ncsc4c23)cc1. The third kappa shape index (κ3) is 7.35. The van der Waals surface area contributed by atoms with Gasteiger partial charge in [-0.2, -0.15) is 0 Å². The Kier molecular flexibility index (Phi) is 10.2. The molecule has 0 aliphatic carbocycles. The smallest absolute Gasteiger partial charge is 0.240 e. The Morgan fingerprint density at radius 3 is 2.39 bits per heavy atom. The van der Waals surface area contributed by atoms with Gasteiger partial charge in [-0.15, -0.1) is 11.3 Å². The van der Waals surface area contributed by atoms with Gasteiger partial charge >= 0.3 is 0 Å². The number of aromatic nitrogens is 2. The number of fused-ring (bicyclic) bond motifs is 3. The molecule has 2 heterocycles. The molecule has 4 rings (SSSR count). The average Bonchev–Trinajstić information content (AvgIpc) is 3.51. The highest BCUT2D eigenvalue weighted by Crippen LogP contribution is 2.33. The molecule has 0 saturated carbocycles. The number of nitrogens with one attached hydrogen (secondary N) is 2. The summed E-state index contributed by atoms with van der Waals surface area (Å²) in [6, 6.07) is 9.78. The minimum atomic E-state index is -3.70. The molecule has 0 saturated heterocycles. The van der Waals surface area contributed by atoms with E-state index < -0.39 is 10.0 Å². The molecule has 0 aliphatic heterocycles. The fourth-order valence-corrected chi connectivity index (χ4v) is 5.46. The number of hydrogen-bond donors (Lipinski definition) is 2. The van der Waals surface area contributed by atoms with Crippen molar-refractivity contribution in [2.24, 2.45) is 4.99 Å². The standard InChI is InChI=1S/C25H30N4O7S2/c1-33-10-11-35-14-15-36-13-12-34-9-8-28-38(31,32)19-4-2-18(3-5-19)26-16-20-23-21(29-25(20)30)6-7-22-24(23)37-17-27-22/h2-7,16-17,28-30H,8-15H2,1H3/p-1. The topological polar surface area (TPSA) is 147 Å². The maximum Gasteiger partial charge on any atom is 0.240 e. The Morgan fingerprint density at radius 2 is 1.68 bits per heavy atom. The Morgan fingerprint density at radius 1 is 1.00 bits per heavy atom. The highest BCUT2D eigenvalue weighted by molar-refractivity contribution is 7.89. The molecule has 2 N–H and O–H groups in total. The lowest BCUT2D eigenvalue weighted by atomic mass is 10.1. The highest BCUT2D eigenvalue weighted by atomic mass is 32.2. The van der Waals surface area contributed by atoms with Gasteiger partial charge in [-0.25, -0.2) is 18.1 Å². The van der Waals surface area contributed by atoms with Gasteiger partial charge < -0.3 is 29.0 Å². The maximum atomic E-state index is 12.6. The Balaban J connectivity index is 1.23. The van der Waals surface area contributed by atoms with Crippen LogP contribution in [0.5, 0.6) is 5.88 Å². The van der Waals surface area contributed by atoms with Crippen LogP contribution in [0.15, 0.2) is 51.8 Å². The van der Waals surface area contributed by atoms with Crippen LogP contribution in [0.2, 0.25) is 0 Å². The lowest BCUT2D eigenvalue weighted by Crippen LogP contribution is -2.27. The van der Waals surface area contributed by atoms with Crippen LogP contribution in [0.1, 0.15) is 5.56 Å². The van der Waals surface area contributed by atoms with E-state index in [4.69, 9.17) is 18.9 Å². The van der Waals surface area contributed by atoms with Crippen molar-refractivity contribution in [1.82, 2.24) is 14.7 Å². The number of thiazole rings is 1. The normalized spacial score (nSPS) is 12.3. The molecule has 0 fully saturated rings. The van der Waals surface area contributed by atoms with Crippen molar-refractivity contribution in [3.05, 3.63) is 47.5 Å². The predicted octanol–water partition coefficient (Wildman–Crippen LogP) is 2.58. The summed E-state index contributed by atoms with van der Waals surface area (Å²) in [5, 5.41) is 13.3. The summed E-state index contributed by atoms with van der Waals surface area (Å²) in [5.74, 6) is -0.242. The number of benzene rings is 2. The van der Waals surface area contributed by atoms with Crippen LogP contribution in [0.3, 0.4) is 0 Å². The Hall–Kier alpha value is -2.91. The van der Waals surface area contributed by atoms with Gasteiger partial charge in [-0.05, 0) is 42.3 Å². The number of aliphatic imine (C=N–C) groups is 1. The number of methoxy groups -OCH3 is 1. The Labute approximate surface area is 224 Å². The van der Waals surface area contributed by atoms with E-state index in [1.165, 1.54) is 29.7 Å². The second-order valence-corrected chi connectivity index (χ2v) is 10.7. The van der Waals surface area contributed by atoms with E-state index in [9.17, 15) is 13.5 Å². The van der Waals surface area contributed by atoms with Crippen molar-refractivity contribution in [2.45, 2.75) is 4.90 Å². The number of H-pyrrole nitrogens is 1. The largest absolute Gasteiger partial charge is 0.860 e. The first-order chi connectivity index (χ1) is 18.5. The number of ether oxygens (including phenoxy) is 4. The zero-order valence-electron chi connectivity index (χ0n) is 20.8. The molecule has 13 heteroatoms. The molecule has 2 aromatic heterocycles. The van der Waals surface area contributed by atoms with E-state index >= 15 is 0 Å². The molecule has 0 aliphatic rings. The second-order valence-electron chi connectivity index (χ2n) is 8.04. The summed E-state index contributed by atoms with van der Waals surface area (Å²) in [6.07, 6.45) is 1.50. The fraction of sp³-hybridized carbons (Fsp3) is 0.360. The average molecular weight is 562 g/mol. The minimum Gasteiger partial charge on any atom is -0.860 e. The van der Waals surface area contributed by atoms with Gasteiger partial charge in [0, 0.05) is 36.3 Å². The lowest BCUT2D eigenvalue weighted by Gasteiger charge is -2.08. The van der Waals surface area contributed by atoms with Crippen LogP contribution < -0.4 is 9.83 Å². The zero-order valence-corrected chi connectivity index (χ0v) is 22.5. The fourth-order valence-electron chi connectivity index (χ4n) is 3.59. The summed E-state index contributed by atoms with van der Waals surface area (Å²) in [7, 11) is -2.09. The van der Waals surface area contributed by atoms with Crippen molar-refractivity contribution < 1.29 is 32.5 Å². The number of nitrogens with zero attached hydrogens (tertiary/aromatic N) is 2. The van der Waals surface area contributed by atoms with Crippen molar-refractivity contribution >= 4 is 54.4 Å². The quantitative estimate of drug-likeness (QED) is 0.157. The maximum absolute atomic E-state index is 12.6. The molecular weight excluding hydrogens is 532 g/mol. The lowest BCUT2D eigenvalue weighted by molar-refractivity contribution is -0.274. The number of rotatable bonds is 16. The van der Waals surface area contributed by atoms with Crippen molar-refractivity contribution in [2.75, 3.05) is 59.9 Å². The molecule has 204 valence electrons. The summed E-state index contributed by atoms with van der Waals surface area (Å²) >= 11 is 1.46. The van der Waals surface area contributed by atoms with Gasteiger partial charge in [-0.3, -0.25) is 4.99 Å². The molecule has 0 unspecified atom stereocenters. The molecule has 11 nitrogen and oxygen atoms in total. The molecule has 38 heavy (non-hydrogen) atoms. The van der Waals surface area contributed by atoms with E-state index in [1.807, 2.05) is 12.1 Å². The predicted molar refractivity (Wildman–Crippen MR) is 144 cm³/mol. The first-order valence-corrected chi connectivity index (χ1v) is 14.3. The van der Waals surface area contributed by atoms with Crippen LogP contribution in [-0.4, -0.2) is 84.5 Å². The third-order valence-electron chi connectivity index (χ3n) is 5.47. The zero-order chi connectivity index (χ0) is 26.8. The molecule has 4 aromatic rings. The monoisotopic (exact) mass is 561 g/mol. The van der Waals surface area contributed by atoms with E-state index in [0.29, 0.717) is 50.9 Å². The third-order valence-corrected chi connectivity index (χ3v) is 7.80. The van der Waals surface area contributed by atoms with Gasteiger partial charge in [0.1, 0.15) is 0 Å². The van der Waals surface area contributed by atoms with Gasteiger partial charge in [0.25, 0.3) is 0 Å². The number of sulfonamides is 1. The molecule has 0 amide bonds. The number of aromatic amines is 1. The molecule has 0 bridgehead atoms. The van der Waals surface area contributed by atoms with E-state index in [1.54, 1.807) is 24.8 Å². The van der Waals surface area contributed by atoms with Crippen molar-refractivity contribution in [1.29, 1.82) is 0 Å².